The van der Waals surface area contributed by atoms with Crippen LogP contribution in [0.25, 0.3) is 0 Å². The molecule has 0 spiro atoms. The van der Waals surface area contributed by atoms with Crippen LogP contribution in [0.15, 0.2) is 63.6 Å². The molecular weight excluding hydrogens is 462 g/mol. The fourth-order valence-electron chi connectivity index (χ4n) is 2.84. The number of carbonyl (C=O) groups excluding carboxylic acids is 2. The van der Waals surface area contributed by atoms with Crippen LogP contribution in [0.1, 0.15) is 17.9 Å². The van der Waals surface area contributed by atoms with Crippen LogP contribution in [0.3, 0.4) is 0 Å². The Morgan fingerprint density at radius 2 is 2.11 bits per heavy atom. The van der Waals surface area contributed by atoms with Crippen LogP contribution < -0.4 is 10.6 Å². The molecule has 0 radical (unpaired) electrons. The quantitative estimate of drug-likeness (QED) is 0.648. The highest BCUT2D eigenvalue weighted by molar-refractivity contribution is 9.10. The monoisotopic (exact) mass is 475 g/mol. The number of nitriles is 1. The summed E-state index contributed by atoms with van der Waals surface area (Å²) in [6, 6.07) is 16.6. The number of nitrogens with one attached hydrogen (secondary N) is 2. The normalized spacial score (nSPS) is 16.3. The zero-order chi connectivity index (χ0) is 20.1. The molecule has 1 aliphatic heterocycles. The number of halogens is 2. The first-order chi connectivity index (χ1) is 13.5. The van der Waals surface area contributed by atoms with Gasteiger partial charge in [0.1, 0.15) is 0 Å². The van der Waals surface area contributed by atoms with Crippen molar-refractivity contribution in [1.82, 2.24) is 5.32 Å². The van der Waals surface area contributed by atoms with Gasteiger partial charge < -0.3 is 10.6 Å². The SMILES string of the molecule is N#CC1=C(SCC(=O)Nc2cccc(Cl)c2)NC(=O)C[C@@H]1c1cccc(Br)c1. The Hall–Kier alpha value is -2.27. The van der Waals surface area contributed by atoms with Crippen molar-refractivity contribution in [3.8, 4) is 6.07 Å². The molecule has 0 aliphatic carbocycles. The standard InChI is InChI=1S/C20H15BrClN3O2S/c21-13-4-1-3-12(7-13)16-9-18(26)25-20(17(16)10-23)28-11-19(27)24-15-6-2-5-14(22)8-15/h1-8,16H,9,11H2,(H,24,27)(H,25,26)/t16-/m1/s1. The second kappa shape index (κ2) is 9.28. The molecule has 0 saturated carbocycles. The van der Waals surface area contributed by atoms with Gasteiger partial charge in [-0.05, 0) is 35.9 Å². The van der Waals surface area contributed by atoms with E-state index in [0.717, 1.165) is 21.8 Å². The second-order valence-electron chi connectivity index (χ2n) is 6.06. The maximum absolute atomic E-state index is 12.2. The second-order valence-corrected chi connectivity index (χ2v) is 8.40. The Morgan fingerprint density at radius 3 is 2.82 bits per heavy atom. The molecule has 1 aliphatic rings. The van der Waals surface area contributed by atoms with Crippen LogP contribution in [0.5, 0.6) is 0 Å². The third kappa shape index (κ3) is 5.16. The molecule has 0 saturated heterocycles. The number of hydrogen-bond donors (Lipinski definition) is 2. The van der Waals surface area contributed by atoms with Crippen molar-refractivity contribution in [2.24, 2.45) is 0 Å². The summed E-state index contributed by atoms with van der Waals surface area (Å²) < 4.78 is 0.878. The van der Waals surface area contributed by atoms with Crippen molar-refractivity contribution in [3.05, 3.63) is 74.2 Å². The molecule has 142 valence electrons. The smallest absolute Gasteiger partial charge is 0.234 e. The maximum Gasteiger partial charge on any atom is 0.234 e. The summed E-state index contributed by atoms with van der Waals surface area (Å²) >= 11 is 10.5. The molecule has 2 aromatic rings. The maximum atomic E-state index is 12.2. The summed E-state index contributed by atoms with van der Waals surface area (Å²) in [4.78, 5) is 24.4. The molecule has 1 atom stereocenters. The number of rotatable bonds is 5. The lowest BCUT2D eigenvalue weighted by Gasteiger charge is -2.25. The summed E-state index contributed by atoms with van der Waals surface area (Å²) in [7, 11) is 0. The van der Waals surface area contributed by atoms with Gasteiger partial charge in [0.05, 0.1) is 22.4 Å². The van der Waals surface area contributed by atoms with Gasteiger partial charge in [-0.1, -0.05) is 57.5 Å². The highest BCUT2D eigenvalue weighted by Gasteiger charge is 2.30. The summed E-state index contributed by atoms with van der Waals surface area (Å²) in [6.07, 6.45) is 0.193. The molecule has 2 aromatic carbocycles. The van der Waals surface area contributed by atoms with Crippen molar-refractivity contribution in [2.45, 2.75) is 12.3 Å². The highest BCUT2D eigenvalue weighted by atomic mass is 79.9. The van der Waals surface area contributed by atoms with Crippen LogP contribution >= 0.6 is 39.3 Å². The number of hydrogen-bond acceptors (Lipinski definition) is 4. The topological polar surface area (TPSA) is 82.0 Å². The van der Waals surface area contributed by atoms with E-state index >= 15 is 0 Å². The summed E-state index contributed by atoms with van der Waals surface area (Å²) in [5.74, 6) is -0.717. The highest BCUT2D eigenvalue weighted by Crippen LogP contribution is 2.36. The van der Waals surface area contributed by atoms with Gasteiger partial charge in [-0.15, -0.1) is 0 Å². The number of nitrogens with zero attached hydrogens (tertiary/aromatic N) is 1. The molecule has 0 fully saturated rings. The third-order valence-electron chi connectivity index (χ3n) is 4.06. The molecule has 2 N–H and O–H groups in total. The van der Waals surface area contributed by atoms with E-state index in [4.69, 9.17) is 11.6 Å². The Morgan fingerprint density at radius 1 is 1.32 bits per heavy atom. The van der Waals surface area contributed by atoms with E-state index < -0.39 is 0 Å². The van der Waals surface area contributed by atoms with E-state index in [2.05, 4.69) is 32.6 Å². The fraction of sp³-hybridized carbons (Fsp3) is 0.150. The zero-order valence-electron chi connectivity index (χ0n) is 14.5. The molecule has 1 heterocycles. The number of carbonyl (C=O) groups is 2. The van der Waals surface area contributed by atoms with Gasteiger partial charge in [-0.2, -0.15) is 5.26 Å². The van der Waals surface area contributed by atoms with Gasteiger partial charge >= 0.3 is 0 Å². The predicted molar refractivity (Wildman–Crippen MR) is 115 cm³/mol. The first kappa shape index (κ1) is 20.5. The van der Waals surface area contributed by atoms with Crippen LogP contribution in [-0.2, 0) is 9.59 Å². The Kier molecular flexibility index (Phi) is 6.79. The molecule has 28 heavy (non-hydrogen) atoms. The molecule has 8 heteroatoms. The summed E-state index contributed by atoms with van der Waals surface area (Å²) in [5.41, 5.74) is 1.92. The fourth-order valence-corrected chi connectivity index (χ4v) is 4.33. The first-order valence-electron chi connectivity index (χ1n) is 8.34. The molecule has 0 bridgehead atoms. The van der Waals surface area contributed by atoms with E-state index in [0.29, 0.717) is 21.3 Å². The van der Waals surface area contributed by atoms with E-state index in [9.17, 15) is 14.9 Å². The number of allylic oxidation sites excluding steroid dienone is 1. The molecule has 2 amide bonds. The van der Waals surface area contributed by atoms with Gasteiger partial charge in [0.25, 0.3) is 0 Å². The Labute approximate surface area is 180 Å². The average molecular weight is 477 g/mol. The van der Waals surface area contributed by atoms with Crippen molar-refractivity contribution in [2.75, 3.05) is 11.1 Å². The van der Waals surface area contributed by atoms with Crippen LogP contribution in [0.2, 0.25) is 5.02 Å². The Balaban J connectivity index is 1.76. The molecule has 3 rings (SSSR count). The number of amides is 2. The van der Waals surface area contributed by atoms with Gasteiger partial charge in [0.15, 0.2) is 0 Å². The van der Waals surface area contributed by atoms with Crippen molar-refractivity contribution >= 4 is 56.8 Å². The summed E-state index contributed by atoms with van der Waals surface area (Å²) in [5, 5.41) is 16.1. The van der Waals surface area contributed by atoms with Crippen molar-refractivity contribution in [3.63, 3.8) is 0 Å². The minimum Gasteiger partial charge on any atom is -0.325 e. The number of thioether (sulfide) groups is 1. The lowest BCUT2D eigenvalue weighted by atomic mass is 9.87. The van der Waals surface area contributed by atoms with E-state index in [1.54, 1.807) is 24.3 Å². The summed E-state index contributed by atoms with van der Waals surface area (Å²) in [6.45, 7) is 0. The van der Waals surface area contributed by atoms with Gasteiger partial charge in [-0.3, -0.25) is 9.59 Å². The van der Waals surface area contributed by atoms with Gasteiger partial charge in [0.2, 0.25) is 11.8 Å². The average Bonchev–Trinajstić information content (AvgIpc) is 2.66. The zero-order valence-corrected chi connectivity index (χ0v) is 17.7. The lowest BCUT2D eigenvalue weighted by molar-refractivity contribution is -0.121. The van der Waals surface area contributed by atoms with Crippen LogP contribution in [-0.4, -0.2) is 17.6 Å². The molecule has 0 aromatic heterocycles. The minimum atomic E-state index is -0.338. The van der Waals surface area contributed by atoms with Gasteiger partial charge in [-0.25, -0.2) is 0 Å². The number of benzene rings is 2. The molecule has 5 nitrogen and oxygen atoms in total. The largest absolute Gasteiger partial charge is 0.325 e. The molecule has 0 unspecified atom stereocenters. The molecular formula is C20H15BrClN3O2S. The van der Waals surface area contributed by atoms with E-state index in [1.807, 2.05) is 24.3 Å². The third-order valence-corrected chi connectivity index (χ3v) is 5.81. The van der Waals surface area contributed by atoms with Crippen molar-refractivity contribution in [1.29, 1.82) is 5.26 Å². The minimum absolute atomic E-state index is 0.0541. The van der Waals surface area contributed by atoms with Gasteiger partial charge in [0, 0.05) is 27.5 Å². The first-order valence-corrected chi connectivity index (χ1v) is 10.5. The van der Waals surface area contributed by atoms with Crippen LogP contribution in [0, 0.1) is 11.3 Å². The van der Waals surface area contributed by atoms with E-state index in [-0.39, 0.29) is 29.9 Å². The van der Waals surface area contributed by atoms with Crippen molar-refractivity contribution < 1.29 is 9.59 Å². The lowest BCUT2D eigenvalue weighted by Crippen LogP contribution is -2.31. The van der Waals surface area contributed by atoms with E-state index in [1.165, 1.54) is 0 Å². The van der Waals surface area contributed by atoms with Crippen LogP contribution in [0.4, 0.5) is 5.69 Å². The number of anilines is 1. The predicted octanol–water partition coefficient (Wildman–Crippen LogP) is 4.81. The Bertz CT molecular complexity index is 1000.